The van der Waals surface area contributed by atoms with Crippen LogP contribution in [0, 0.1) is 5.82 Å². The molecule has 0 unspecified atom stereocenters. The second kappa shape index (κ2) is 6.91. The van der Waals surface area contributed by atoms with Crippen LogP contribution in [0.1, 0.15) is 17.3 Å². The van der Waals surface area contributed by atoms with E-state index in [1.165, 1.54) is 24.3 Å². The van der Waals surface area contributed by atoms with Crippen molar-refractivity contribution in [3.05, 3.63) is 57.3 Å². The maximum absolute atomic E-state index is 12.9. The topological polar surface area (TPSA) is 38.3 Å². The Hall–Kier alpha value is -1.59. The van der Waals surface area contributed by atoms with Crippen molar-refractivity contribution in [2.45, 2.75) is 6.92 Å². The zero-order valence-electron chi connectivity index (χ0n) is 11.1. The summed E-state index contributed by atoms with van der Waals surface area (Å²) in [6.07, 6.45) is 0. The molecule has 0 heterocycles. The Bertz CT molecular complexity index is 661. The van der Waals surface area contributed by atoms with Crippen LogP contribution < -0.4 is 10.1 Å². The lowest BCUT2D eigenvalue weighted by atomic mass is 10.2. The first-order valence-corrected chi connectivity index (χ1v) is 7.37. The van der Waals surface area contributed by atoms with Gasteiger partial charge in [0.15, 0.2) is 5.75 Å². The highest BCUT2D eigenvalue weighted by Crippen LogP contribution is 2.36. The van der Waals surface area contributed by atoms with E-state index >= 15 is 0 Å². The lowest BCUT2D eigenvalue weighted by Crippen LogP contribution is -2.13. The van der Waals surface area contributed by atoms with E-state index in [-0.39, 0.29) is 5.91 Å². The average molecular weight is 373 g/mol. The zero-order chi connectivity index (χ0) is 15.4. The van der Waals surface area contributed by atoms with Crippen LogP contribution >= 0.6 is 27.5 Å². The molecule has 0 radical (unpaired) electrons. The fraction of sp³-hybridized carbons (Fsp3) is 0.133. The number of ether oxygens (including phenoxy) is 1. The predicted octanol–water partition coefficient (Wildman–Crippen LogP) is 4.89. The summed E-state index contributed by atoms with van der Waals surface area (Å²) in [6, 6.07) is 8.55. The number of hydrogen-bond acceptors (Lipinski definition) is 2. The normalized spacial score (nSPS) is 10.3. The Labute approximate surface area is 135 Å². The molecule has 21 heavy (non-hydrogen) atoms. The van der Waals surface area contributed by atoms with Crippen molar-refractivity contribution < 1.29 is 13.9 Å². The van der Waals surface area contributed by atoms with Crippen LogP contribution in [0.4, 0.5) is 10.1 Å². The van der Waals surface area contributed by atoms with Crippen LogP contribution in [0.2, 0.25) is 5.02 Å². The van der Waals surface area contributed by atoms with Crippen molar-refractivity contribution in [2.24, 2.45) is 0 Å². The average Bonchev–Trinajstić information content (AvgIpc) is 2.43. The fourth-order valence-corrected chi connectivity index (χ4v) is 2.66. The van der Waals surface area contributed by atoms with E-state index in [1.807, 2.05) is 6.92 Å². The quantitative estimate of drug-likeness (QED) is 0.829. The van der Waals surface area contributed by atoms with Crippen molar-refractivity contribution in [1.82, 2.24) is 0 Å². The van der Waals surface area contributed by atoms with Gasteiger partial charge in [0.1, 0.15) is 5.82 Å². The summed E-state index contributed by atoms with van der Waals surface area (Å²) in [4.78, 5) is 12.2. The van der Waals surface area contributed by atoms with Gasteiger partial charge in [-0.15, -0.1) is 0 Å². The summed E-state index contributed by atoms with van der Waals surface area (Å²) in [5, 5.41) is 3.17. The van der Waals surface area contributed by atoms with E-state index in [0.29, 0.717) is 33.1 Å². The van der Waals surface area contributed by atoms with E-state index in [9.17, 15) is 9.18 Å². The van der Waals surface area contributed by atoms with E-state index < -0.39 is 5.82 Å². The molecular formula is C15H12BrClFNO2. The fourth-order valence-electron chi connectivity index (χ4n) is 1.74. The largest absolute Gasteiger partial charge is 0.491 e. The van der Waals surface area contributed by atoms with E-state index in [4.69, 9.17) is 16.3 Å². The van der Waals surface area contributed by atoms with Crippen LogP contribution in [-0.2, 0) is 0 Å². The number of halogens is 3. The number of rotatable bonds is 4. The second-order valence-corrected chi connectivity index (χ2v) is 5.45. The third-order valence-corrected chi connectivity index (χ3v) is 3.46. The SMILES string of the molecule is CCOc1c(Br)cc(Cl)cc1NC(=O)c1ccc(F)cc1. The lowest BCUT2D eigenvalue weighted by Gasteiger charge is -2.14. The van der Waals surface area contributed by atoms with Gasteiger partial charge in [-0.05, 0) is 59.3 Å². The minimum Gasteiger partial charge on any atom is -0.491 e. The molecule has 0 saturated carbocycles. The summed E-state index contributed by atoms with van der Waals surface area (Å²) in [5.41, 5.74) is 0.792. The Balaban J connectivity index is 2.29. The van der Waals surface area contributed by atoms with Gasteiger partial charge in [-0.2, -0.15) is 0 Å². The number of benzene rings is 2. The molecule has 2 aromatic carbocycles. The molecule has 2 aromatic rings. The van der Waals surface area contributed by atoms with Crippen molar-refractivity contribution in [1.29, 1.82) is 0 Å². The van der Waals surface area contributed by atoms with Crippen molar-refractivity contribution in [3.63, 3.8) is 0 Å². The number of nitrogens with one attached hydrogen (secondary N) is 1. The summed E-state index contributed by atoms with van der Waals surface area (Å²) in [7, 11) is 0. The molecule has 0 aliphatic rings. The standard InChI is InChI=1S/C15H12BrClFNO2/c1-2-21-14-12(16)7-10(17)8-13(14)19-15(20)9-3-5-11(18)6-4-9/h3-8H,2H2,1H3,(H,19,20). The molecule has 0 bridgehead atoms. The van der Waals surface area contributed by atoms with Crippen LogP contribution in [0.25, 0.3) is 0 Å². The third-order valence-electron chi connectivity index (χ3n) is 2.65. The van der Waals surface area contributed by atoms with Gasteiger partial charge in [0.2, 0.25) is 0 Å². The van der Waals surface area contributed by atoms with Crippen molar-refractivity contribution in [3.8, 4) is 5.75 Å². The molecule has 0 aliphatic carbocycles. The first kappa shape index (κ1) is 15.8. The van der Waals surface area contributed by atoms with Gasteiger partial charge in [0, 0.05) is 10.6 Å². The van der Waals surface area contributed by atoms with E-state index in [1.54, 1.807) is 12.1 Å². The monoisotopic (exact) mass is 371 g/mol. The Morgan fingerprint density at radius 2 is 2.00 bits per heavy atom. The van der Waals surface area contributed by atoms with E-state index in [0.717, 1.165) is 0 Å². The minimum absolute atomic E-state index is 0.343. The van der Waals surface area contributed by atoms with Crippen molar-refractivity contribution in [2.75, 3.05) is 11.9 Å². The molecule has 0 fully saturated rings. The van der Waals surface area contributed by atoms with Gasteiger partial charge in [-0.25, -0.2) is 4.39 Å². The predicted molar refractivity (Wildman–Crippen MR) is 84.7 cm³/mol. The molecule has 110 valence electrons. The second-order valence-electron chi connectivity index (χ2n) is 4.16. The van der Waals surface area contributed by atoms with Gasteiger partial charge in [-0.3, -0.25) is 4.79 Å². The van der Waals surface area contributed by atoms with Crippen LogP contribution in [0.3, 0.4) is 0 Å². The maximum Gasteiger partial charge on any atom is 0.255 e. The maximum atomic E-state index is 12.9. The number of anilines is 1. The highest BCUT2D eigenvalue weighted by Gasteiger charge is 2.14. The van der Waals surface area contributed by atoms with Gasteiger partial charge in [0.05, 0.1) is 16.8 Å². The molecule has 1 amide bonds. The van der Waals surface area contributed by atoms with Gasteiger partial charge < -0.3 is 10.1 Å². The van der Waals surface area contributed by atoms with Gasteiger partial charge >= 0.3 is 0 Å². The molecule has 0 spiro atoms. The molecule has 0 aliphatic heterocycles. The summed E-state index contributed by atoms with van der Waals surface area (Å²) < 4.78 is 19.0. The molecule has 1 N–H and O–H groups in total. The number of hydrogen-bond donors (Lipinski definition) is 1. The first-order valence-electron chi connectivity index (χ1n) is 6.20. The number of carbonyl (C=O) groups excluding carboxylic acids is 1. The molecule has 2 rings (SSSR count). The number of carbonyl (C=O) groups is 1. The Morgan fingerprint density at radius 3 is 2.62 bits per heavy atom. The van der Waals surface area contributed by atoms with Crippen LogP contribution in [0.15, 0.2) is 40.9 Å². The molecule has 0 aromatic heterocycles. The van der Waals surface area contributed by atoms with Crippen LogP contribution in [0.5, 0.6) is 5.75 Å². The molecule has 0 saturated heterocycles. The molecular weight excluding hydrogens is 361 g/mol. The first-order chi connectivity index (χ1) is 10.0. The smallest absolute Gasteiger partial charge is 0.255 e. The van der Waals surface area contributed by atoms with Crippen molar-refractivity contribution >= 4 is 39.1 Å². The molecule has 3 nitrogen and oxygen atoms in total. The molecule has 6 heteroatoms. The summed E-state index contributed by atoms with van der Waals surface area (Å²) >= 11 is 9.33. The third kappa shape index (κ3) is 3.95. The van der Waals surface area contributed by atoms with E-state index in [2.05, 4.69) is 21.2 Å². The Morgan fingerprint density at radius 1 is 1.33 bits per heavy atom. The Kier molecular flexibility index (Phi) is 5.20. The summed E-state index contributed by atoms with van der Waals surface area (Å²) in [5.74, 6) is -0.269. The zero-order valence-corrected chi connectivity index (χ0v) is 13.5. The van der Waals surface area contributed by atoms with Gasteiger partial charge in [-0.1, -0.05) is 11.6 Å². The highest BCUT2D eigenvalue weighted by molar-refractivity contribution is 9.10. The highest BCUT2D eigenvalue weighted by atomic mass is 79.9. The molecule has 0 atom stereocenters. The minimum atomic E-state index is -0.396. The summed E-state index contributed by atoms with van der Waals surface area (Å²) in [6.45, 7) is 2.28. The van der Waals surface area contributed by atoms with Crippen LogP contribution in [-0.4, -0.2) is 12.5 Å². The van der Waals surface area contributed by atoms with Gasteiger partial charge in [0.25, 0.3) is 5.91 Å². The lowest BCUT2D eigenvalue weighted by molar-refractivity contribution is 0.102. The number of amides is 1.